The summed E-state index contributed by atoms with van der Waals surface area (Å²) in [6.07, 6.45) is -1.69. The summed E-state index contributed by atoms with van der Waals surface area (Å²) < 4.78 is 16.6. The van der Waals surface area contributed by atoms with Crippen LogP contribution in [0.2, 0.25) is 0 Å². The number of carboxylic acids is 3. The van der Waals surface area contributed by atoms with Gasteiger partial charge in [0.25, 0.3) is 0 Å². The number of aromatic nitrogens is 1. The van der Waals surface area contributed by atoms with Gasteiger partial charge in [-0.3, -0.25) is 71.9 Å². The quantitative estimate of drug-likeness (QED) is 0.0126. The summed E-state index contributed by atoms with van der Waals surface area (Å²) in [5.41, 5.74) is 12.2. The van der Waals surface area contributed by atoms with Crippen molar-refractivity contribution in [2.24, 2.45) is 29.4 Å². The van der Waals surface area contributed by atoms with Gasteiger partial charge in [0.2, 0.25) is 41.4 Å². The lowest BCUT2D eigenvalue weighted by molar-refractivity contribution is -0.141. The van der Waals surface area contributed by atoms with E-state index in [0.717, 1.165) is 27.6 Å². The van der Waals surface area contributed by atoms with E-state index in [2.05, 4.69) is 42.2 Å². The van der Waals surface area contributed by atoms with Crippen LogP contribution >= 0.6 is 45.1 Å². The van der Waals surface area contributed by atoms with Gasteiger partial charge in [-0.1, -0.05) is 158 Å². The van der Waals surface area contributed by atoms with Crippen molar-refractivity contribution in [3.8, 4) is 16.9 Å². The molecule has 0 bridgehead atoms. The number of fused-ring (bicyclic) bond motifs is 4. The molecule has 1 aliphatic rings. The molecule has 686 valence electrons. The van der Waals surface area contributed by atoms with Gasteiger partial charge in [-0.2, -0.15) is 23.5 Å². The number of nitrogens with two attached hydrogens (primary N) is 1. The monoisotopic (exact) mass is 1830 g/mol. The smallest absolute Gasteiger partial charge is 0.407 e. The van der Waals surface area contributed by atoms with Crippen LogP contribution in [0.1, 0.15) is 145 Å². The van der Waals surface area contributed by atoms with Gasteiger partial charge in [-0.05, 0) is 113 Å². The highest BCUT2D eigenvalue weighted by Gasteiger charge is 2.38. The number of aliphatic carboxylic acids is 3. The number of ketones is 5. The molecule has 0 saturated heterocycles. The maximum Gasteiger partial charge on any atom is 0.407 e. The SMILES string of the molecule is CC[C@H](NC(=O)OCC1c2ccccc2-c2ccccc21)C(=O)N[C@@H](CC(=O)O)C(=O)C[C@@H](CSSC(C)(C)C)C(=O)NCCOCCOCCC(=O)N[C@@H](CC(=O)O)C(=O)C[C@@H](Cc1ccc(O)cc1)C(=O)N[C@@H](CCSC)C(=O)CCC(=O)N[C@@H](Cc1c[nH]c2ccccc12)C(=O)C[C@@H](CCSC)C(=O)N[C@@H](CC(=O)O)C(=O)C[C@@H](Cc1ccccc1)C(N)=O. The third kappa shape index (κ3) is 35.3. The molecule has 8 amide bonds. The van der Waals surface area contributed by atoms with E-state index >= 15 is 0 Å². The van der Waals surface area contributed by atoms with Gasteiger partial charge in [0, 0.05) is 109 Å². The molecule has 36 heteroatoms. The lowest BCUT2D eigenvalue weighted by atomic mass is 9.89. The zero-order valence-corrected chi connectivity index (χ0v) is 75.3. The number of carboxylic acid groups (broad SMARTS) is 3. The Balaban J connectivity index is 0.911. The zero-order valence-electron chi connectivity index (χ0n) is 72.0. The van der Waals surface area contributed by atoms with E-state index in [4.69, 9.17) is 19.9 Å². The Kier molecular flexibility index (Phi) is 43.1. The molecule has 14 N–H and O–H groups in total. The topological polar surface area (TPSA) is 508 Å². The van der Waals surface area contributed by atoms with Crippen molar-refractivity contribution in [2.75, 3.05) is 69.3 Å². The van der Waals surface area contributed by atoms with E-state index in [9.17, 15) is 97.1 Å². The number of benzene rings is 5. The highest BCUT2D eigenvalue weighted by molar-refractivity contribution is 8.77. The van der Waals surface area contributed by atoms with Gasteiger partial charge in [0.1, 0.15) is 18.4 Å². The van der Waals surface area contributed by atoms with Crippen LogP contribution in [0.3, 0.4) is 0 Å². The van der Waals surface area contributed by atoms with E-state index in [-0.39, 0.29) is 107 Å². The minimum atomic E-state index is -1.66. The number of hydrogen-bond acceptors (Lipinski definition) is 24. The normalized spacial score (nSPS) is 14.1. The number of aromatic hydroxyl groups is 1. The minimum Gasteiger partial charge on any atom is -0.508 e. The Morgan fingerprint density at radius 2 is 0.969 bits per heavy atom. The third-order valence-electron chi connectivity index (χ3n) is 21.1. The van der Waals surface area contributed by atoms with Crippen LogP contribution in [0.4, 0.5) is 4.79 Å². The first-order chi connectivity index (χ1) is 60.6. The number of Topliss-reactive ketones (excluding diaryl/α,β-unsaturated/α-hetero) is 5. The van der Waals surface area contributed by atoms with Crippen molar-refractivity contribution in [2.45, 2.75) is 177 Å². The number of phenols is 1. The fourth-order valence-corrected chi connectivity index (χ4v) is 18.0. The number of carbonyl (C=O) groups excluding carboxylic acids is 13. The van der Waals surface area contributed by atoms with Crippen LogP contribution in [-0.4, -0.2) is 230 Å². The number of ether oxygens (including phenoxy) is 3. The lowest BCUT2D eigenvalue weighted by Crippen LogP contribution is -2.52. The van der Waals surface area contributed by atoms with Crippen molar-refractivity contribution < 1.29 is 111 Å². The number of para-hydroxylation sites is 1. The number of phenolic OH excluding ortho intramolecular Hbond substituents is 1. The second-order valence-corrected chi connectivity index (χ2v) is 37.1. The average molecular weight is 1830 g/mol. The van der Waals surface area contributed by atoms with E-state index in [1.807, 2.05) is 75.4 Å². The van der Waals surface area contributed by atoms with Gasteiger partial charge in [0.05, 0.1) is 81.8 Å². The first kappa shape index (κ1) is 103. The molecular weight excluding hydrogens is 1720 g/mol. The van der Waals surface area contributed by atoms with Crippen LogP contribution < -0.4 is 43.0 Å². The second kappa shape index (κ2) is 53.0. The fraction of sp³-hybridized carbons (Fsp3) is 0.473. The number of carbonyl (C=O) groups is 16. The van der Waals surface area contributed by atoms with E-state index < -0.39 is 212 Å². The summed E-state index contributed by atoms with van der Waals surface area (Å²) in [6.45, 7) is 7.03. The largest absolute Gasteiger partial charge is 0.508 e. The van der Waals surface area contributed by atoms with Gasteiger partial charge in [0.15, 0.2) is 28.9 Å². The molecule has 0 spiro atoms. The maximum atomic E-state index is 14.7. The van der Waals surface area contributed by atoms with Gasteiger partial charge < -0.3 is 82.6 Å². The Hall–Kier alpha value is -10.9. The second-order valence-electron chi connectivity index (χ2n) is 31.9. The summed E-state index contributed by atoms with van der Waals surface area (Å²) in [6, 6.07) is 28.5. The Bertz CT molecular complexity index is 4730. The van der Waals surface area contributed by atoms with Crippen LogP contribution in [0.15, 0.2) is 134 Å². The van der Waals surface area contributed by atoms with Crippen LogP contribution in [-0.2, 0) is 105 Å². The van der Waals surface area contributed by atoms with Crippen LogP contribution in [0.25, 0.3) is 22.0 Å². The first-order valence-electron chi connectivity index (χ1n) is 41.9. The number of aromatic amines is 1. The van der Waals surface area contributed by atoms with Crippen molar-refractivity contribution in [3.05, 3.63) is 161 Å². The van der Waals surface area contributed by atoms with E-state index in [0.29, 0.717) is 33.7 Å². The predicted octanol–water partition coefficient (Wildman–Crippen LogP) is 8.43. The Morgan fingerprint density at radius 1 is 0.472 bits per heavy atom. The molecule has 7 rings (SSSR count). The number of hydrogen-bond donors (Lipinski definition) is 13. The number of thioether (sulfide) groups is 2. The van der Waals surface area contributed by atoms with E-state index in [1.165, 1.54) is 69.4 Å². The van der Waals surface area contributed by atoms with E-state index in [1.54, 1.807) is 74.2 Å². The predicted molar refractivity (Wildman–Crippen MR) is 484 cm³/mol. The molecule has 6 aromatic rings. The third-order valence-corrected chi connectivity index (χ3v) is 25.8. The zero-order chi connectivity index (χ0) is 92.7. The molecule has 1 heterocycles. The average Bonchev–Trinajstić information content (AvgIpc) is 1.62. The van der Waals surface area contributed by atoms with Gasteiger partial charge in [-0.25, -0.2) is 4.79 Å². The summed E-state index contributed by atoms with van der Waals surface area (Å²) in [4.78, 5) is 221. The minimum absolute atomic E-state index is 0.0347. The number of rotatable bonds is 60. The number of amides is 8. The molecule has 0 aliphatic heterocycles. The molecule has 127 heavy (non-hydrogen) atoms. The molecule has 10 atom stereocenters. The molecule has 0 fully saturated rings. The van der Waals surface area contributed by atoms with Crippen molar-refractivity contribution in [3.63, 3.8) is 0 Å². The molecule has 1 aliphatic carbocycles. The fourth-order valence-electron chi connectivity index (χ4n) is 14.4. The molecular formula is C91H115N9O23S4. The number of H-pyrrole nitrogens is 1. The van der Waals surface area contributed by atoms with Crippen LogP contribution in [0, 0.1) is 23.7 Å². The molecule has 32 nitrogen and oxygen atoms in total. The summed E-state index contributed by atoms with van der Waals surface area (Å²) in [5.74, 6) is -17.3. The highest BCUT2D eigenvalue weighted by Crippen LogP contribution is 2.45. The number of alkyl carbamates (subject to hydrolysis) is 1. The Morgan fingerprint density at radius 3 is 1.57 bits per heavy atom. The standard InChI is InChI=1S/C91H115N9O23S4/c1-7-68(100-90(120)123-52-67-65-22-13-11-20-63(65)64-21-12-14-23-66(64)67)89(119)99-74(50-84(113)114)79(106)47-60(53-126-127-91(2,3)4)86(116)93-34-36-122-38-37-121-35-31-81(108)96-72(48-82(109)110)78(105)46-58(42-55-25-27-61(101)28-26-55)88(118)97-70(33-40-125-6)75(102)29-30-80(107)95-71(43-59-51-94-69-24-16-15-19-62(59)69)76(103)44-56(32-39-124-5)87(117)98-73(49-83(111)112)77(104)45-57(85(92)115)41-54-17-9-8-10-18-54/h8-28,51,56-58,60,67-68,70-74,94,101H,7,29-50,52-53H2,1-6H3,(H2,92,115)(H,93,116)(H,95,107)(H,96,108)(H,97,118)(H,98,117)(H,99,119)(H,100,120)(H,109,110)(H,111,112)(H,113,114)/t56-,57-,58-,60+,68+,70+,71+,72+,73+,74+/m1/s1. The van der Waals surface area contributed by atoms with Gasteiger partial charge >= 0.3 is 24.0 Å². The summed E-state index contributed by atoms with van der Waals surface area (Å²) in [7, 11) is 2.79. The summed E-state index contributed by atoms with van der Waals surface area (Å²) in [5, 5.41) is 58.9. The summed E-state index contributed by atoms with van der Waals surface area (Å²) >= 11 is 2.70. The highest BCUT2D eigenvalue weighted by atomic mass is 33.1. The van der Waals surface area contributed by atoms with Crippen LogP contribution in [0.5, 0.6) is 5.75 Å². The Labute approximate surface area is 753 Å². The van der Waals surface area contributed by atoms with Gasteiger partial charge in [-0.15, -0.1) is 0 Å². The van der Waals surface area contributed by atoms with Crippen molar-refractivity contribution >= 4 is 150 Å². The molecule has 5 aromatic carbocycles. The molecule has 0 radical (unpaired) electrons. The lowest BCUT2D eigenvalue weighted by Gasteiger charge is -2.24. The van der Waals surface area contributed by atoms with Crippen molar-refractivity contribution in [1.82, 2.24) is 42.2 Å². The maximum absolute atomic E-state index is 14.7. The first-order valence-corrected chi connectivity index (χ1v) is 47.0. The van der Waals surface area contributed by atoms with Crippen molar-refractivity contribution in [1.29, 1.82) is 0 Å². The molecule has 0 saturated carbocycles. The number of nitrogens with one attached hydrogen (secondary N) is 8. The molecule has 0 unspecified atom stereocenters. The molecule has 1 aromatic heterocycles. The number of primary amides is 1.